The molecule has 0 aliphatic carbocycles. The molecular weight excluding hydrogens is 236 g/mol. The van der Waals surface area contributed by atoms with Gasteiger partial charge in [0.1, 0.15) is 5.52 Å². The number of carbonyl (C=O) groups excluding carboxylic acids is 1. The molecule has 4 N–H and O–H groups in total. The molecule has 0 bridgehead atoms. The first-order valence-corrected chi connectivity index (χ1v) is 6.16. The molecule has 1 amide bonds. The Morgan fingerprint density at radius 2 is 2.29 bits per heavy atom. The summed E-state index contributed by atoms with van der Waals surface area (Å²) >= 11 is 1.54. The van der Waals surface area contributed by atoms with Crippen LogP contribution in [0.25, 0.3) is 10.2 Å². The summed E-state index contributed by atoms with van der Waals surface area (Å²) in [5, 5.41) is 0. The van der Waals surface area contributed by atoms with E-state index in [1.807, 2.05) is 24.0 Å². The predicted molar refractivity (Wildman–Crippen MR) is 71.1 cm³/mol. The molecule has 2 aromatic rings. The van der Waals surface area contributed by atoms with Gasteiger partial charge in [-0.2, -0.15) is 0 Å². The van der Waals surface area contributed by atoms with Gasteiger partial charge in [-0.05, 0) is 19.1 Å². The molecule has 0 spiro atoms. The van der Waals surface area contributed by atoms with Crippen LogP contribution >= 0.6 is 11.3 Å². The fourth-order valence-corrected chi connectivity index (χ4v) is 2.47. The number of amides is 1. The number of fused-ring (bicyclic) bond motifs is 1. The van der Waals surface area contributed by atoms with Crippen LogP contribution in [0.15, 0.2) is 17.6 Å². The van der Waals surface area contributed by atoms with Gasteiger partial charge in [-0.1, -0.05) is 0 Å². The predicted octanol–water partition coefficient (Wildman–Crippen LogP) is 1.19. The molecule has 0 radical (unpaired) electrons. The first-order valence-electron chi connectivity index (χ1n) is 5.28. The Labute approximate surface area is 103 Å². The first-order chi connectivity index (χ1) is 8.13. The number of benzene rings is 1. The average molecular weight is 250 g/mol. The van der Waals surface area contributed by atoms with Crippen molar-refractivity contribution in [3.63, 3.8) is 0 Å². The standard InChI is InChI=1S/C11H14N4OS/c1-2-15(5-9(12)16)7-3-4-8-11(10(7)13)14-6-17-8/h3-4,6H,2,5,13H2,1H3,(H2,12,16). The number of primary amides is 1. The molecule has 17 heavy (non-hydrogen) atoms. The molecule has 6 heteroatoms. The number of carbonyl (C=O) groups is 1. The van der Waals surface area contributed by atoms with Crippen molar-refractivity contribution in [2.45, 2.75) is 6.92 Å². The molecule has 5 nitrogen and oxygen atoms in total. The van der Waals surface area contributed by atoms with Crippen molar-refractivity contribution in [3.05, 3.63) is 17.6 Å². The van der Waals surface area contributed by atoms with Gasteiger partial charge in [-0.25, -0.2) is 4.98 Å². The molecule has 0 saturated carbocycles. The average Bonchev–Trinajstić information content (AvgIpc) is 2.75. The summed E-state index contributed by atoms with van der Waals surface area (Å²) in [6.45, 7) is 2.78. The second kappa shape index (κ2) is 4.58. The van der Waals surface area contributed by atoms with Crippen molar-refractivity contribution < 1.29 is 4.79 Å². The summed E-state index contributed by atoms with van der Waals surface area (Å²) in [4.78, 5) is 17.1. The fraction of sp³-hybridized carbons (Fsp3) is 0.273. The highest BCUT2D eigenvalue weighted by atomic mass is 32.1. The van der Waals surface area contributed by atoms with Crippen molar-refractivity contribution in [1.29, 1.82) is 0 Å². The van der Waals surface area contributed by atoms with Crippen LogP contribution in [0.2, 0.25) is 0 Å². The van der Waals surface area contributed by atoms with Crippen molar-refractivity contribution in [1.82, 2.24) is 4.98 Å². The Bertz CT molecular complexity index is 551. The topological polar surface area (TPSA) is 85.2 Å². The highest BCUT2D eigenvalue weighted by Crippen LogP contribution is 2.32. The third-order valence-corrected chi connectivity index (χ3v) is 3.38. The minimum absolute atomic E-state index is 0.163. The van der Waals surface area contributed by atoms with Crippen LogP contribution in [0.5, 0.6) is 0 Å². The maximum Gasteiger partial charge on any atom is 0.236 e. The summed E-state index contributed by atoms with van der Waals surface area (Å²) in [6.07, 6.45) is 0. The molecular formula is C11H14N4OS. The van der Waals surface area contributed by atoms with E-state index in [0.717, 1.165) is 15.9 Å². The van der Waals surface area contributed by atoms with Crippen molar-refractivity contribution in [2.24, 2.45) is 5.73 Å². The molecule has 0 saturated heterocycles. The molecule has 2 rings (SSSR count). The highest BCUT2D eigenvalue weighted by molar-refractivity contribution is 7.16. The minimum atomic E-state index is -0.371. The van der Waals surface area contributed by atoms with Crippen LogP contribution < -0.4 is 16.4 Å². The molecule has 1 heterocycles. The number of nitrogens with zero attached hydrogens (tertiary/aromatic N) is 2. The van der Waals surface area contributed by atoms with Crippen molar-refractivity contribution in [2.75, 3.05) is 23.7 Å². The monoisotopic (exact) mass is 250 g/mol. The highest BCUT2D eigenvalue weighted by Gasteiger charge is 2.13. The number of hydrogen-bond acceptors (Lipinski definition) is 5. The van der Waals surface area contributed by atoms with E-state index in [1.54, 1.807) is 16.8 Å². The van der Waals surface area contributed by atoms with E-state index in [1.165, 1.54) is 0 Å². The zero-order chi connectivity index (χ0) is 12.4. The lowest BCUT2D eigenvalue weighted by atomic mass is 10.2. The normalized spacial score (nSPS) is 10.6. The van der Waals surface area contributed by atoms with Crippen molar-refractivity contribution in [3.8, 4) is 0 Å². The quantitative estimate of drug-likeness (QED) is 0.798. The Morgan fingerprint density at radius 3 is 2.94 bits per heavy atom. The largest absolute Gasteiger partial charge is 0.395 e. The van der Waals surface area contributed by atoms with Crippen LogP contribution in [0.3, 0.4) is 0 Å². The molecule has 0 aliphatic rings. The number of thiazole rings is 1. The van der Waals surface area contributed by atoms with E-state index in [4.69, 9.17) is 11.5 Å². The molecule has 0 aliphatic heterocycles. The van der Waals surface area contributed by atoms with Gasteiger partial charge >= 0.3 is 0 Å². The molecule has 0 fully saturated rings. The number of anilines is 2. The van der Waals surface area contributed by atoms with E-state index in [-0.39, 0.29) is 12.5 Å². The van der Waals surface area contributed by atoms with Crippen LogP contribution in [-0.4, -0.2) is 24.0 Å². The maximum absolute atomic E-state index is 11.0. The van der Waals surface area contributed by atoms with Gasteiger partial charge in [-0.3, -0.25) is 4.79 Å². The minimum Gasteiger partial charge on any atom is -0.395 e. The van der Waals surface area contributed by atoms with Crippen molar-refractivity contribution >= 4 is 38.8 Å². The zero-order valence-corrected chi connectivity index (χ0v) is 10.3. The Kier molecular flexibility index (Phi) is 3.14. The number of aromatic nitrogens is 1. The molecule has 0 unspecified atom stereocenters. The summed E-state index contributed by atoms with van der Waals surface area (Å²) < 4.78 is 1.04. The van der Waals surface area contributed by atoms with E-state index in [2.05, 4.69) is 4.98 Å². The number of hydrogen-bond donors (Lipinski definition) is 2. The van der Waals surface area contributed by atoms with Gasteiger partial charge < -0.3 is 16.4 Å². The number of likely N-dealkylation sites (N-methyl/N-ethyl adjacent to an activating group) is 1. The molecule has 90 valence electrons. The Hall–Kier alpha value is -1.82. The lowest BCUT2D eigenvalue weighted by Gasteiger charge is -2.22. The van der Waals surface area contributed by atoms with E-state index >= 15 is 0 Å². The summed E-state index contributed by atoms with van der Waals surface area (Å²) in [5.41, 5.74) is 15.2. The lowest BCUT2D eigenvalue weighted by molar-refractivity contribution is -0.116. The maximum atomic E-state index is 11.0. The fourth-order valence-electron chi connectivity index (χ4n) is 1.77. The van der Waals surface area contributed by atoms with Gasteiger partial charge in [0.2, 0.25) is 5.91 Å². The summed E-state index contributed by atoms with van der Waals surface area (Å²) in [6, 6.07) is 3.87. The smallest absolute Gasteiger partial charge is 0.236 e. The second-order valence-corrected chi connectivity index (χ2v) is 4.56. The van der Waals surface area contributed by atoms with E-state index in [9.17, 15) is 4.79 Å². The van der Waals surface area contributed by atoms with Crippen LogP contribution in [-0.2, 0) is 4.79 Å². The summed E-state index contributed by atoms with van der Waals surface area (Å²) in [5.74, 6) is -0.371. The lowest BCUT2D eigenvalue weighted by Crippen LogP contribution is -2.34. The van der Waals surface area contributed by atoms with Gasteiger partial charge in [-0.15, -0.1) is 11.3 Å². The SMILES string of the molecule is CCN(CC(N)=O)c1ccc2scnc2c1N. The van der Waals surface area contributed by atoms with Crippen LogP contribution in [0.1, 0.15) is 6.92 Å². The van der Waals surface area contributed by atoms with Gasteiger partial charge in [0.25, 0.3) is 0 Å². The van der Waals surface area contributed by atoms with Gasteiger partial charge in [0.15, 0.2) is 0 Å². The zero-order valence-electron chi connectivity index (χ0n) is 9.51. The van der Waals surface area contributed by atoms with E-state index in [0.29, 0.717) is 12.2 Å². The molecule has 0 atom stereocenters. The first kappa shape index (κ1) is 11.7. The summed E-state index contributed by atoms with van der Waals surface area (Å²) in [7, 11) is 0. The number of nitrogen functional groups attached to an aromatic ring is 1. The molecule has 1 aromatic carbocycles. The van der Waals surface area contributed by atoms with Crippen LogP contribution in [0, 0.1) is 0 Å². The second-order valence-electron chi connectivity index (χ2n) is 3.68. The van der Waals surface area contributed by atoms with Gasteiger partial charge in [0.05, 0.1) is 28.1 Å². The van der Waals surface area contributed by atoms with Gasteiger partial charge in [0, 0.05) is 6.54 Å². The Balaban J connectivity index is 2.45. The third kappa shape index (κ3) is 2.16. The van der Waals surface area contributed by atoms with Crippen LogP contribution in [0.4, 0.5) is 11.4 Å². The Morgan fingerprint density at radius 1 is 1.53 bits per heavy atom. The third-order valence-electron chi connectivity index (χ3n) is 2.59. The molecule has 1 aromatic heterocycles. The number of nitrogens with two attached hydrogens (primary N) is 2. The van der Waals surface area contributed by atoms with E-state index < -0.39 is 0 Å². The number of rotatable bonds is 4.